The van der Waals surface area contributed by atoms with Crippen molar-refractivity contribution in [3.8, 4) is 0 Å². The highest BCUT2D eigenvalue weighted by atomic mass is 79.9. The zero-order chi connectivity index (χ0) is 17.1. The molecule has 3 rings (SSSR count). The van der Waals surface area contributed by atoms with Gasteiger partial charge in [-0.15, -0.1) is 0 Å². The number of hydrogen-bond acceptors (Lipinski definition) is 4. The Kier molecular flexibility index (Phi) is 4.71. The van der Waals surface area contributed by atoms with Gasteiger partial charge < -0.3 is 10.6 Å². The Hall–Kier alpha value is -2.54. The Morgan fingerprint density at radius 2 is 1.50 bits per heavy atom. The van der Waals surface area contributed by atoms with Crippen LogP contribution < -0.4 is 10.6 Å². The summed E-state index contributed by atoms with van der Waals surface area (Å²) < 4.78 is 28.4. The van der Waals surface area contributed by atoms with Crippen molar-refractivity contribution in [1.29, 1.82) is 0 Å². The van der Waals surface area contributed by atoms with E-state index in [0.717, 1.165) is 10.2 Å². The van der Waals surface area contributed by atoms with E-state index in [2.05, 4.69) is 36.5 Å². The Morgan fingerprint density at radius 1 is 0.875 bits per heavy atom. The van der Waals surface area contributed by atoms with Gasteiger partial charge in [0.05, 0.1) is 0 Å². The normalized spacial score (nSPS) is 10.5. The summed E-state index contributed by atoms with van der Waals surface area (Å²) in [7, 11) is 0. The lowest BCUT2D eigenvalue weighted by molar-refractivity contribution is 0.590. The molecule has 0 bridgehead atoms. The molecule has 1 heterocycles. The Labute approximate surface area is 146 Å². The number of nitrogens with zero attached hydrogens (tertiary/aromatic N) is 2. The maximum absolute atomic E-state index is 13.8. The van der Waals surface area contributed by atoms with Crippen molar-refractivity contribution in [2.45, 2.75) is 6.92 Å². The summed E-state index contributed by atoms with van der Waals surface area (Å²) in [5.74, 6) is -0.0985. The molecule has 0 atom stereocenters. The standard InChI is InChI=1S/C17H13BrF2N4/c1-10-21-15(23-12-5-2-4-11(18)8-12)9-16(22-10)24-17-13(19)6-3-7-14(17)20/h2-9H,1H3,(H2,21,22,23,24). The number of aromatic nitrogens is 2. The maximum atomic E-state index is 13.8. The molecule has 1 aromatic heterocycles. The van der Waals surface area contributed by atoms with Gasteiger partial charge in [-0.25, -0.2) is 18.7 Å². The number of anilines is 4. The van der Waals surface area contributed by atoms with Gasteiger partial charge in [-0.2, -0.15) is 0 Å². The number of para-hydroxylation sites is 1. The van der Waals surface area contributed by atoms with Gasteiger partial charge in [-0.3, -0.25) is 0 Å². The monoisotopic (exact) mass is 390 g/mol. The molecule has 0 aliphatic carbocycles. The lowest BCUT2D eigenvalue weighted by Gasteiger charge is -2.11. The van der Waals surface area contributed by atoms with Crippen molar-refractivity contribution in [2.24, 2.45) is 0 Å². The fraction of sp³-hybridized carbons (Fsp3) is 0.0588. The van der Waals surface area contributed by atoms with Crippen molar-refractivity contribution >= 4 is 38.9 Å². The number of rotatable bonds is 4. The van der Waals surface area contributed by atoms with E-state index >= 15 is 0 Å². The predicted octanol–water partition coefficient (Wildman–Crippen LogP) is 5.31. The van der Waals surface area contributed by atoms with E-state index in [4.69, 9.17) is 0 Å². The van der Waals surface area contributed by atoms with Crippen molar-refractivity contribution < 1.29 is 8.78 Å². The highest BCUT2D eigenvalue weighted by molar-refractivity contribution is 9.10. The molecular weight excluding hydrogens is 378 g/mol. The fourth-order valence-corrected chi connectivity index (χ4v) is 2.55. The van der Waals surface area contributed by atoms with Gasteiger partial charge in [0.1, 0.15) is 34.8 Å². The zero-order valence-corrected chi connectivity index (χ0v) is 14.2. The Balaban J connectivity index is 1.89. The molecule has 122 valence electrons. The molecule has 4 nitrogen and oxygen atoms in total. The molecule has 0 fully saturated rings. The lowest BCUT2D eigenvalue weighted by atomic mass is 10.3. The van der Waals surface area contributed by atoms with Crippen LogP contribution in [0.5, 0.6) is 0 Å². The molecule has 0 radical (unpaired) electrons. The fourth-order valence-electron chi connectivity index (χ4n) is 2.16. The quantitative estimate of drug-likeness (QED) is 0.633. The summed E-state index contributed by atoms with van der Waals surface area (Å²) in [6.07, 6.45) is 0. The third kappa shape index (κ3) is 3.86. The molecule has 0 saturated heterocycles. The van der Waals surface area contributed by atoms with E-state index in [0.29, 0.717) is 17.5 Å². The van der Waals surface area contributed by atoms with Crippen molar-refractivity contribution in [1.82, 2.24) is 9.97 Å². The third-order valence-electron chi connectivity index (χ3n) is 3.15. The van der Waals surface area contributed by atoms with Gasteiger partial charge in [0.2, 0.25) is 0 Å². The van der Waals surface area contributed by atoms with Crippen LogP contribution in [0.4, 0.5) is 31.8 Å². The number of benzene rings is 2. The summed E-state index contributed by atoms with van der Waals surface area (Å²) in [6, 6.07) is 12.8. The molecule has 2 aromatic carbocycles. The van der Waals surface area contributed by atoms with E-state index in [1.54, 1.807) is 13.0 Å². The lowest BCUT2D eigenvalue weighted by Crippen LogP contribution is -2.03. The van der Waals surface area contributed by atoms with Gasteiger partial charge in [0.25, 0.3) is 0 Å². The minimum Gasteiger partial charge on any atom is -0.340 e. The zero-order valence-electron chi connectivity index (χ0n) is 12.6. The summed E-state index contributed by atoms with van der Waals surface area (Å²) in [6.45, 7) is 1.70. The molecule has 0 aliphatic heterocycles. The first-order valence-corrected chi connectivity index (χ1v) is 7.90. The van der Waals surface area contributed by atoms with Crippen LogP contribution >= 0.6 is 15.9 Å². The molecular formula is C17H13BrF2N4. The number of halogens is 3. The molecule has 0 spiro atoms. The maximum Gasteiger partial charge on any atom is 0.149 e. The number of nitrogens with one attached hydrogen (secondary N) is 2. The molecule has 0 unspecified atom stereocenters. The first-order chi connectivity index (χ1) is 11.5. The van der Waals surface area contributed by atoms with Crippen LogP contribution in [0.15, 0.2) is 53.0 Å². The second kappa shape index (κ2) is 6.92. The SMILES string of the molecule is Cc1nc(Nc2cccc(Br)c2)cc(Nc2c(F)cccc2F)n1. The molecule has 0 aliphatic rings. The van der Waals surface area contributed by atoms with Gasteiger partial charge in [0, 0.05) is 16.2 Å². The van der Waals surface area contributed by atoms with Gasteiger partial charge in [-0.1, -0.05) is 28.1 Å². The van der Waals surface area contributed by atoms with Crippen molar-refractivity contribution in [3.05, 3.63) is 70.5 Å². The summed E-state index contributed by atoms with van der Waals surface area (Å²) in [5.41, 5.74) is 0.578. The molecule has 2 N–H and O–H groups in total. The highest BCUT2D eigenvalue weighted by Gasteiger charge is 2.10. The van der Waals surface area contributed by atoms with Crippen LogP contribution in [0.1, 0.15) is 5.82 Å². The summed E-state index contributed by atoms with van der Waals surface area (Å²) in [5, 5.41) is 5.80. The Bertz CT molecular complexity index is 866. The summed E-state index contributed by atoms with van der Waals surface area (Å²) >= 11 is 3.40. The van der Waals surface area contributed by atoms with Crippen LogP contribution in [0.2, 0.25) is 0 Å². The van der Waals surface area contributed by atoms with Gasteiger partial charge in [0.15, 0.2) is 0 Å². The van der Waals surface area contributed by atoms with Crippen molar-refractivity contribution in [3.63, 3.8) is 0 Å². The van der Waals surface area contributed by atoms with Gasteiger partial charge in [-0.05, 0) is 37.3 Å². The smallest absolute Gasteiger partial charge is 0.149 e. The van der Waals surface area contributed by atoms with Crippen LogP contribution in [0, 0.1) is 18.6 Å². The molecule has 0 saturated carbocycles. The number of hydrogen-bond donors (Lipinski definition) is 2. The minimum absolute atomic E-state index is 0.246. The predicted molar refractivity (Wildman–Crippen MR) is 93.8 cm³/mol. The first-order valence-electron chi connectivity index (χ1n) is 7.10. The van der Waals surface area contributed by atoms with Gasteiger partial charge >= 0.3 is 0 Å². The first kappa shape index (κ1) is 16.3. The van der Waals surface area contributed by atoms with E-state index in [1.165, 1.54) is 18.2 Å². The second-order valence-electron chi connectivity index (χ2n) is 5.04. The van der Waals surface area contributed by atoms with Crippen LogP contribution in [0.25, 0.3) is 0 Å². The van der Waals surface area contributed by atoms with Crippen LogP contribution in [0.3, 0.4) is 0 Å². The van der Waals surface area contributed by atoms with Crippen LogP contribution in [-0.4, -0.2) is 9.97 Å². The molecule has 7 heteroatoms. The highest BCUT2D eigenvalue weighted by Crippen LogP contribution is 2.25. The average molecular weight is 391 g/mol. The second-order valence-corrected chi connectivity index (χ2v) is 5.96. The van der Waals surface area contributed by atoms with E-state index < -0.39 is 11.6 Å². The van der Waals surface area contributed by atoms with E-state index in [-0.39, 0.29) is 5.69 Å². The van der Waals surface area contributed by atoms with E-state index in [9.17, 15) is 8.78 Å². The molecule has 24 heavy (non-hydrogen) atoms. The largest absolute Gasteiger partial charge is 0.340 e. The minimum atomic E-state index is -0.687. The topological polar surface area (TPSA) is 49.8 Å². The molecule has 0 amide bonds. The average Bonchev–Trinajstić information content (AvgIpc) is 2.50. The molecule has 3 aromatic rings. The van der Waals surface area contributed by atoms with E-state index in [1.807, 2.05) is 24.3 Å². The van der Waals surface area contributed by atoms with Crippen molar-refractivity contribution in [2.75, 3.05) is 10.6 Å². The van der Waals surface area contributed by atoms with Crippen LogP contribution in [-0.2, 0) is 0 Å². The summed E-state index contributed by atoms with van der Waals surface area (Å²) in [4.78, 5) is 8.45. The third-order valence-corrected chi connectivity index (χ3v) is 3.64. The number of aryl methyl sites for hydroxylation is 1. The Morgan fingerprint density at radius 3 is 2.17 bits per heavy atom.